The Morgan fingerprint density at radius 1 is 1.14 bits per heavy atom. The van der Waals surface area contributed by atoms with Gasteiger partial charge in [0, 0.05) is 17.0 Å². The van der Waals surface area contributed by atoms with Gasteiger partial charge in [0.2, 0.25) is 0 Å². The summed E-state index contributed by atoms with van der Waals surface area (Å²) in [6, 6.07) is 15.1. The van der Waals surface area contributed by atoms with E-state index in [1.807, 2.05) is 43.3 Å². The summed E-state index contributed by atoms with van der Waals surface area (Å²) in [7, 11) is 0. The number of hydrogen-bond donors (Lipinski definition) is 1. The summed E-state index contributed by atoms with van der Waals surface area (Å²) < 4.78 is 0. The van der Waals surface area contributed by atoms with Gasteiger partial charge < -0.3 is 5.32 Å². The number of fused-ring (bicyclic) bond motifs is 1. The highest BCUT2D eigenvalue weighted by Gasteiger charge is 2.10. The topological polar surface area (TPSA) is 42.0 Å². The van der Waals surface area contributed by atoms with E-state index in [1.165, 1.54) is 0 Å². The molecule has 0 amide bonds. The molecule has 3 aromatic rings. The number of carbonyl (C=O) groups excluding carboxylic acids is 1. The molecule has 0 aliphatic carbocycles. The minimum atomic E-state index is 0.00571. The number of ketones is 1. The van der Waals surface area contributed by atoms with Crippen LogP contribution in [-0.4, -0.2) is 10.8 Å². The van der Waals surface area contributed by atoms with Gasteiger partial charge in [0.25, 0.3) is 0 Å². The number of rotatable bonds is 3. The molecular formula is C18H15ClN2O. The van der Waals surface area contributed by atoms with Crippen molar-refractivity contribution >= 4 is 39.8 Å². The zero-order valence-corrected chi connectivity index (χ0v) is 13.1. The number of nitrogens with zero attached hydrogens (tertiary/aromatic N) is 1. The first-order chi connectivity index (χ1) is 10.6. The maximum Gasteiger partial charge on any atom is 0.161 e. The summed E-state index contributed by atoms with van der Waals surface area (Å²) in [6.45, 7) is 3.55. The molecule has 0 radical (unpaired) electrons. The Morgan fingerprint density at radius 2 is 1.91 bits per heavy atom. The van der Waals surface area contributed by atoms with E-state index in [0.717, 1.165) is 22.2 Å². The predicted octanol–water partition coefficient (Wildman–Crippen LogP) is 5.14. The molecule has 0 bridgehead atoms. The molecule has 0 saturated heterocycles. The number of para-hydroxylation sites is 2. The molecule has 0 atom stereocenters. The third kappa shape index (κ3) is 2.68. The number of hydrogen-bond acceptors (Lipinski definition) is 3. The second kappa shape index (κ2) is 5.78. The quantitative estimate of drug-likeness (QED) is 0.681. The molecule has 0 saturated carbocycles. The van der Waals surface area contributed by atoms with Gasteiger partial charge in [-0.3, -0.25) is 4.79 Å². The van der Waals surface area contributed by atoms with Crippen LogP contribution in [0.1, 0.15) is 22.8 Å². The largest absolute Gasteiger partial charge is 0.340 e. The molecule has 0 unspecified atom stereocenters. The summed E-state index contributed by atoms with van der Waals surface area (Å²) in [4.78, 5) is 16.3. The first-order valence-corrected chi connectivity index (χ1v) is 7.37. The van der Waals surface area contributed by atoms with Gasteiger partial charge in [0.1, 0.15) is 5.82 Å². The lowest BCUT2D eigenvalue weighted by atomic mass is 10.1. The van der Waals surface area contributed by atoms with E-state index in [0.29, 0.717) is 16.4 Å². The number of anilines is 2. The Morgan fingerprint density at radius 3 is 2.68 bits per heavy atom. The zero-order chi connectivity index (χ0) is 15.7. The van der Waals surface area contributed by atoms with Crippen molar-refractivity contribution in [3.8, 4) is 0 Å². The van der Waals surface area contributed by atoms with Crippen LogP contribution in [0, 0.1) is 6.92 Å². The number of carbonyl (C=O) groups is 1. The SMILES string of the molecule is CC(=O)c1ccccc1Nc1cc(Cl)c2cccc(C)c2n1. The molecule has 22 heavy (non-hydrogen) atoms. The lowest BCUT2D eigenvalue weighted by molar-refractivity contribution is 0.101. The van der Waals surface area contributed by atoms with Gasteiger partial charge in [-0.15, -0.1) is 0 Å². The second-order valence-corrected chi connectivity index (χ2v) is 5.59. The molecule has 1 N–H and O–H groups in total. The zero-order valence-electron chi connectivity index (χ0n) is 12.4. The Labute approximate surface area is 133 Å². The highest BCUT2D eigenvalue weighted by molar-refractivity contribution is 6.35. The van der Waals surface area contributed by atoms with Crippen molar-refractivity contribution in [3.05, 3.63) is 64.7 Å². The van der Waals surface area contributed by atoms with E-state index >= 15 is 0 Å². The number of pyridine rings is 1. The molecule has 0 fully saturated rings. The fraction of sp³-hybridized carbons (Fsp3) is 0.111. The number of nitrogens with one attached hydrogen (secondary N) is 1. The van der Waals surface area contributed by atoms with Crippen molar-refractivity contribution < 1.29 is 4.79 Å². The smallest absolute Gasteiger partial charge is 0.161 e. The molecule has 1 heterocycles. The molecule has 4 heteroatoms. The van der Waals surface area contributed by atoms with Gasteiger partial charge in [-0.25, -0.2) is 4.98 Å². The number of Topliss-reactive ketones (excluding diaryl/α,β-unsaturated/α-hetero) is 1. The fourth-order valence-corrected chi connectivity index (χ4v) is 2.71. The number of benzene rings is 2. The number of aromatic nitrogens is 1. The molecule has 0 aliphatic heterocycles. The first-order valence-electron chi connectivity index (χ1n) is 6.99. The molecule has 2 aromatic carbocycles. The van der Waals surface area contributed by atoms with Gasteiger partial charge in [0.05, 0.1) is 16.2 Å². The Kier molecular flexibility index (Phi) is 3.82. The molecule has 3 rings (SSSR count). The van der Waals surface area contributed by atoms with Crippen LogP contribution in [0.15, 0.2) is 48.5 Å². The summed E-state index contributed by atoms with van der Waals surface area (Å²) in [5.74, 6) is 0.631. The Hall–Kier alpha value is -2.39. The highest BCUT2D eigenvalue weighted by atomic mass is 35.5. The lowest BCUT2D eigenvalue weighted by Gasteiger charge is -2.12. The van der Waals surface area contributed by atoms with E-state index in [4.69, 9.17) is 11.6 Å². The average Bonchev–Trinajstić information content (AvgIpc) is 2.49. The van der Waals surface area contributed by atoms with E-state index in [2.05, 4.69) is 10.3 Å². The number of aryl methyl sites for hydroxylation is 1. The summed E-state index contributed by atoms with van der Waals surface area (Å²) in [5.41, 5.74) is 3.28. The minimum Gasteiger partial charge on any atom is -0.340 e. The van der Waals surface area contributed by atoms with Crippen molar-refractivity contribution in [1.82, 2.24) is 4.98 Å². The summed E-state index contributed by atoms with van der Waals surface area (Å²) in [6.07, 6.45) is 0. The second-order valence-electron chi connectivity index (χ2n) is 5.19. The van der Waals surface area contributed by atoms with Crippen LogP contribution in [0.5, 0.6) is 0 Å². The van der Waals surface area contributed by atoms with Gasteiger partial charge >= 0.3 is 0 Å². The lowest BCUT2D eigenvalue weighted by Crippen LogP contribution is -2.01. The van der Waals surface area contributed by atoms with E-state index in [9.17, 15) is 4.79 Å². The Bertz CT molecular complexity index is 874. The normalized spacial score (nSPS) is 10.7. The monoisotopic (exact) mass is 310 g/mol. The molecular weight excluding hydrogens is 296 g/mol. The van der Waals surface area contributed by atoms with Crippen LogP contribution in [0.3, 0.4) is 0 Å². The van der Waals surface area contributed by atoms with Crippen molar-refractivity contribution in [3.63, 3.8) is 0 Å². The van der Waals surface area contributed by atoms with E-state index < -0.39 is 0 Å². The molecule has 1 aromatic heterocycles. The van der Waals surface area contributed by atoms with Crippen LogP contribution in [0.2, 0.25) is 5.02 Å². The summed E-state index contributed by atoms with van der Waals surface area (Å²) in [5, 5.41) is 4.76. The van der Waals surface area contributed by atoms with Crippen LogP contribution in [0.4, 0.5) is 11.5 Å². The van der Waals surface area contributed by atoms with Crippen molar-refractivity contribution in [2.75, 3.05) is 5.32 Å². The summed E-state index contributed by atoms with van der Waals surface area (Å²) >= 11 is 6.36. The first kappa shape index (κ1) is 14.5. The van der Waals surface area contributed by atoms with Crippen molar-refractivity contribution in [2.24, 2.45) is 0 Å². The standard InChI is InChI=1S/C18H15ClN2O/c1-11-6-5-8-14-15(19)10-17(21-18(11)14)20-16-9-4-3-7-13(16)12(2)22/h3-10H,1-2H3,(H,20,21). The van der Waals surface area contributed by atoms with E-state index in [-0.39, 0.29) is 5.78 Å². The van der Waals surface area contributed by atoms with Gasteiger partial charge in [-0.2, -0.15) is 0 Å². The van der Waals surface area contributed by atoms with Crippen LogP contribution in [0.25, 0.3) is 10.9 Å². The average molecular weight is 311 g/mol. The molecule has 3 nitrogen and oxygen atoms in total. The Balaban J connectivity index is 2.09. The fourth-order valence-electron chi connectivity index (χ4n) is 2.45. The highest BCUT2D eigenvalue weighted by Crippen LogP contribution is 2.29. The predicted molar refractivity (Wildman–Crippen MR) is 91.2 cm³/mol. The van der Waals surface area contributed by atoms with Gasteiger partial charge in [-0.05, 0) is 31.5 Å². The van der Waals surface area contributed by atoms with Gasteiger partial charge in [-0.1, -0.05) is 41.9 Å². The van der Waals surface area contributed by atoms with E-state index in [1.54, 1.807) is 19.1 Å². The maximum atomic E-state index is 11.7. The van der Waals surface area contributed by atoms with Crippen LogP contribution < -0.4 is 5.32 Å². The van der Waals surface area contributed by atoms with Crippen LogP contribution in [-0.2, 0) is 0 Å². The third-order valence-electron chi connectivity index (χ3n) is 3.56. The third-order valence-corrected chi connectivity index (χ3v) is 3.87. The molecule has 0 spiro atoms. The van der Waals surface area contributed by atoms with Crippen molar-refractivity contribution in [1.29, 1.82) is 0 Å². The van der Waals surface area contributed by atoms with Crippen molar-refractivity contribution in [2.45, 2.75) is 13.8 Å². The van der Waals surface area contributed by atoms with Gasteiger partial charge in [0.15, 0.2) is 5.78 Å². The number of halogens is 1. The van der Waals surface area contributed by atoms with Crippen LogP contribution >= 0.6 is 11.6 Å². The molecule has 0 aliphatic rings. The minimum absolute atomic E-state index is 0.00571. The molecule has 110 valence electrons. The maximum absolute atomic E-state index is 11.7.